The van der Waals surface area contributed by atoms with E-state index < -0.39 is 0 Å². The zero-order valence-corrected chi connectivity index (χ0v) is 11.5. The van der Waals surface area contributed by atoms with Gasteiger partial charge in [0.15, 0.2) is 0 Å². The molecule has 2 N–H and O–H groups in total. The molecule has 0 atom stereocenters. The van der Waals surface area contributed by atoms with Gasteiger partial charge in [0.1, 0.15) is 0 Å². The quantitative estimate of drug-likeness (QED) is 0.883. The zero-order chi connectivity index (χ0) is 12.4. The Morgan fingerprint density at radius 2 is 2.28 bits per heavy atom. The molecule has 2 heterocycles. The van der Waals surface area contributed by atoms with Crippen LogP contribution in [0.25, 0.3) is 10.6 Å². The minimum atomic E-state index is 0.323. The number of thiophene rings is 1. The lowest BCUT2D eigenvalue weighted by Crippen LogP contribution is -2.38. The van der Waals surface area contributed by atoms with Crippen LogP contribution >= 0.6 is 11.3 Å². The van der Waals surface area contributed by atoms with Crippen molar-refractivity contribution in [2.24, 2.45) is 0 Å². The first kappa shape index (κ1) is 11.9. The van der Waals surface area contributed by atoms with Crippen molar-refractivity contribution in [3.8, 4) is 10.6 Å². The average Bonchev–Trinajstić information content (AvgIpc) is 3.08. The standard InChI is InChI=1S/C14H19N3S/c1-14(6-2-3-7-14)15-9-11-10-16-17-13(11)12-5-4-8-18-12/h4-5,8,10,15H,2-3,6-7,9H2,1H3,(H,16,17). The highest BCUT2D eigenvalue weighted by Crippen LogP contribution is 2.30. The summed E-state index contributed by atoms with van der Waals surface area (Å²) < 4.78 is 0. The topological polar surface area (TPSA) is 40.7 Å². The second-order valence-corrected chi connectivity index (χ2v) is 6.32. The summed E-state index contributed by atoms with van der Waals surface area (Å²) in [7, 11) is 0. The van der Waals surface area contributed by atoms with Crippen LogP contribution in [0.4, 0.5) is 0 Å². The van der Waals surface area contributed by atoms with E-state index in [9.17, 15) is 0 Å². The van der Waals surface area contributed by atoms with Crippen LogP contribution < -0.4 is 5.32 Å². The Morgan fingerprint density at radius 3 is 3.00 bits per heavy atom. The molecular formula is C14H19N3S. The Hall–Kier alpha value is -1.13. The summed E-state index contributed by atoms with van der Waals surface area (Å²) in [4.78, 5) is 1.26. The summed E-state index contributed by atoms with van der Waals surface area (Å²) in [6, 6.07) is 4.22. The highest BCUT2D eigenvalue weighted by atomic mass is 32.1. The van der Waals surface area contributed by atoms with E-state index in [1.165, 1.54) is 41.8 Å². The summed E-state index contributed by atoms with van der Waals surface area (Å²) in [5.74, 6) is 0. The third-order valence-corrected chi connectivity index (χ3v) is 4.79. The Morgan fingerprint density at radius 1 is 1.44 bits per heavy atom. The number of H-pyrrole nitrogens is 1. The molecule has 0 unspecified atom stereocenters. The third kappa shape index (κ3) is 2.35. The molecule has 0 spiro atoms. The van der Waals surface area contributed by atoms with Gasteiger partial charge in [-0.1, -0.05) is 18.9 Å². The lowest BCUT2D eigenvalue weighted by Gasteiger charge is -2.25. The molecule has 1 fully saturated rings. The van der Waals surface area contributed by atoms with Crippen molar-refractivity contribution < 1.29 is 0 Å². The second kappa shape index (κ2) is 4.86. The minimum absolute atomic E-state index is 0.323. The summed E-state index contributed by atoms with van der Waals surface area (Å²) >= 11 is 1.75. The summed E-state index contributed by atoms with van der Waals surface area (Å²) in [6.45, 7) is 3.24. The van der Waals surface area contributed by atoms with Crippen molar-refractivity contribution in [1.82, 2.24) is 15.5 Å². The van der Waals surface area contributed by atoms with E-state index in [2.05, 4.69) is 40.0 Å². The normalized spacial score (nSPS) is 18.3. The molecule has 96 valence electrons. The molecule has 0 radical (unpaired) electrons. The fraction of sp³-hybridized carbons (Fsp3) is 0.500. The van der Waals surface area contributed by atoms with Crippen LogP contribution in [-0.2, 0) is 6.54 Å². The molecular weight excluding hydrogens is 242 g/mol. The van der Waals surface area contributed by atoms with Crippen molar-refractivity contribution in [2.45, 2.75) is 44.7 Å². The van der Waals surface area contributed by atoms with Gasteiger partial charge in [-0.25, -0.2) is 0 Å². The van der Waals surface area contributed by atoms with Crippen LogP contribution in [0.2, 0.25) is 0 Å². The monoisotopic (exact) mass is 261 g/mol. The van der Waals surface area contributed by atoms with Crippen molar-refractivity contribution in [3.63, 3.8) is 0 Å². The van der Waals surface area contributed by atoms with E-state index in [1.807, 2.05) is 6.20 Å². The Labute approximate surface area is 112 Å². The molecule has 4 heteroatoms. The van der Waals surface area contributed by atoms with Gasteiger partial charge in [-0.15, -0.1) is 11.3 Å². The molecule has 2 aromatic heterocycles. The second-order valence-electron chi connectivity index (χ2n) is 5.37. The lowest BCUT2D eigenvalue weighted by atomic mass is 10.0. The average molecular weight is 261 g/mol. The zero-order valence-electron chi connectivity index (χ0n) is 10.7. The van der Waals surface area contributed by atoms with Gasteiger partial charge < -0.3 is 5.32 Å². The number of rotatable bonds is 4. The maximum Gasteiger partial charge on any atom is 0.0794 e. The predicted octanol–water partition coefficient (Wildman–Crippen LogP) is 3.56. The van der Waals surface area contributed by atoms with Crippen LogP contribution in [0, 0.1) is 0 Å². The summed E-state index contributed by atoms with van der Waals surface area (Å²) in [6.07, 6.45) is 7.23. The Kier molecular flexibility index (Phi) is 3.22. The van der Waals surface area contributed by atoms with Gasteiger partial charge in [0.05, 0.1) is 16.8 Å². The number of nitrogens with zero attached hydrogens (tertiary/aromatic N) is 1. The number of nitrogens with one attached hydrogen (secondary N) is 2. The van der Waals surface area contributed by atoms with Gasteiger partial charge in [0, 0.05) is 17.6 Å². The van der Waals surface area contributed by atoms with Gasteiger partial charge in [0.25, 0.3) is 0 Å². The van der Waals surface area contributed by atoms with Crippen LogP contribution in [0.15, 0.2) is 23.7 Å². The molecule has 18 heavy (non-hydrogen) atoms. The van der Waals surface area contributed by atoms with Crippen molar-refractivity contribution in [3.05, 3.63) is 29.3 Å². The number of aromatic amines is 1. The molecule has 1 aliphatic carbocycles. The first-order valence-electron chi connectivity index (χ1n) is 6.58. The fourth-order valence-corrected chi connectivity index (χ4v) is 3.48. The molecule has 1 aliphatic rings. The largest absolute Gasteiger partial charge is 0.307 e. The van der Waals surface area contributed by atoms with Crippen molar-refractivity contribution in [2.75, 3.05) is 0 Å². The number of aromatic nitrogens is 2. The van der Waals surface area contributed by atoms with Crippen molar-refractivity contribution >= 4 is 11.3 Å². The highest BCUT2D eigenvalue weighted by Gasteiger charge is 2.28. The predicted molar refractivity (Wildman–Crippen MR) is 75.6 cm³/mol. The van der Waals surface area contributed by atoms with Crippen LogP contribution in [0.3, 0.4) is 0 Å². The first-order chi connectivity index (χ1) is 8.77. The van der Waals surface area contributed by atoms with Gasteiger partial charge in [-0.2, -0.15) is 5.10 Å². The van der Waals surface area contributed by atoms with Gasteiger partial charge >= 0.3 is 0 Å². The minimum Gasteiger partial charge on any atom is -0.307 e. The third-order valence-electron chi connectivity index (χ3n) is 3.90. The maximum absolute atomic E-state index is 4.19. The molecule has 1 saturated carbocycles. The van der Waals surface area contributed by atoms with Crippen LogP contribution in [-0.4, -0.2) is 15.7 Å². The molecule has 0 amide bonds. The van der Waals surface area contributed by atoms with E-state index in [4.69, 9.17) is 0 Å². The van der Waals surface area contributed by atoms with Crippen molar-refractivity contribution in [1.29, 1.82) is 0 Å². The van der Waals surface area contributed by atoms with E-state index in [1.54, 1.807) is 11.3 Å². The van der Waals surface area contributed by atoms with E-state index in [0.29, 0.717) is 5.54 Å². The summed E-state index contributed by atoms with van der Waals surface area (Å²) in [5.41, 5.74) is 2.76. The van der Waals surface area contributed by atoms with Gasteiger partial charge in [0.2, 0.25) is 0 Å². The Balaban J connectivity index is 1.72. The van der Waals surface area contributed by atoms with Gasteiger partial charge in [-0.3, -0.25) is 5.10 Å². The smallest absolute Gasteiger partial charge is 0.0794 e. The molecule has 3 rings (SSSR count). The molecule has 0 aromatic carbocycles. The first-order valence-corrected chi connectivity index (χ1v) is 7.46. The molecule has 0 bridgehead atoms. The Bertz CT molecular complexity index is 495. The lowest BCUT2D eigenvalue weighted by molar-refractivity contribution is 0.363. The maximum atomic E-state index is 4.19. The van der Waals surface area contributed by atoms with E-state index in [0.717, 1.165) is 6.54 Å². The number of hydrogen-bond acceptors (Lipinski definition) is 3. The van der Waals surface area contributed by atoms with Crippen LogP contribution in [0.5, 0.6) is 0 Å². The fourth-order valence-electron chi connectivity index (χ4n) is 2.72. The van der Waals surface area contributed by atoms with Gasteiger partial charge in [-0.05, 0) is 31.2 Å². The van der Waals surface area contributed by atoms with E-state index in [-0.39, 0.29) is 0 Å². The molecule has 0 saturated heterocycles. The highest BCUT2D eigenvalue weighted by molar-refractivity contribution is 7.13. The van der Waals surface area contributed by atoms with E-state index >= 15 is 0 Å². The SMILES string of the molecule is CC1(NCc2cn[nH]c2-c2cccs2)CCCC1. The number of hydrogen-bond donors (Lipinski definition) is 2. The summed E-state index contributed by atoms with van der Waals surface area (Å²) in [5, 5.41) is 13.1. The molecule has 3 nitrogen and oxygen atoms in total. The molecule has 2 aromatic rings. The van der Waals surface area contributed by atoms with Crippen LogP contribution in [0.1, 0.15) is 38.2 Å². The molecule has 0 aliphatic heterocycles.